The van der Waals surface area contributed by atoms with E-state index in [0.717, 1.165) is 22.6 Å². The number of aromatic nitrogens is 2. The Kier molecular flexibility index (Phi) is 8.24. The van der Waals surface area contributed by atoms with Gasteiger partial charge in [-0.25, -0.2) is 9.59 Å². The van der Waals surface area contributed by atoms with Crippen LogP contribution in [0, 0.1) is 0 Å². The third kappa shape index (κ3) is 6.46. The van der Waals surface area contributed by atoms with Gasteiger partial charge in [-0.05, 0) is 48.4 Å². The lowest BCUT2D eigenvalue weighted by molar-refractivity contribution is -0.137. The average Bonchev–Trinajstić information content (AvgIpc) is 3.24. The van der Waals surface area contributed by atoms with E-state index < -0.39 is 11.9 Å². The highest BCUT2D eigenvalue weighted by Gasteiger charge is 2.18. The Morgan fingerprint density at radius 3 is 2.09 bits per heavy atom. The molecule has 0 bridgehead atoms. The van der Waals surface area contributed by atoms with Gasteiger partial charge in [-0.1, -0.05) is 24.3 Å². The first-order valence-corrected chi connectivity index (χ1v) is 10.4. The van der Waals surface area contributed by atoms with Crippen LogP contribution in [0.15, 0.2) is 60.8 Å². The van der Waals surface area contributed by atoms with E-state index in [1.54, 1.807) is 38.0 Å². The summed E-state index contributed by atoms with van der Waals surface area (Å²) in [6.07, 6.45) is 4.22. The lowest BCUT2D eigenvalue weighted by Gasteiger charge is -2.08. The van der Waals surface area contributed by atoms with Gasteiger partial charge in [-0.15, -0.1) is 0 Å². The highest BCUT2D eigenvalue weighted by atomic mass is 16.5. The minimum atomic E-state index is -0.546. The third-order valence-corrected chi connectivity index (χ3v) is 4.78. The lowest BCUT2D eigenvalue weighted by atomic mass is 10.2. The molecule has 0 spiro atoms. The van der Waals surface area contributed by atoms with Crippen LogP contribution in [0.1, 0.15) is 34.1 Å². The zero-order valence-corrected chi connectivity index (χ0v) is 18.8. The molecule has 33 heavy (non-hydrogen) atoms. The number of carbonyl (C=O) groups excluding carboxylic acids is 2. The number of rotatable bonds is 10. The van der Waals surface area contributed by atoms with Gasteiger partial charge < -0.3 is 18.9 Å². The number of methoxy groups -OCH3 is 2. The van der Waals surface area contributed by atoms with Crippen molar-refractivity contribution in [3.63, 3.8) is 0 Å². The van der Waals surface area contributed by atoms with Crippen LogP contribution in [-0.4, -0.2) is 42.5 Å². The van der Waals surface area contributed by atoms with Crippen LogP contribution in [0.2, 0.25) is 0 Å². The summed E-state index contributed by atoms with van der Waals surface area (Å²) in [5, 5.41) is 4.34. The summed E-state index contributed by atoms with van der Waals surface area (Å²) in [4.78, 5) is 24.7. The zero-order valence-electron chi connectivity index (χ0n) is 18.8. The summed E-state index contributed by atoms with van der Waals surface area (Å²) in [7, 11) is 3.19. The van der Waals surface area contributed by atoms with Crippen molar-refractivity contribution >= 4 is 18.0 Å². The molecule has 0 atom stereocenters. The first kappa shape index (κ1) is 23.6. The Morgan fingerprint density at radius 2 is 1.52 bits per heavy atom. The Balaban J connectivity index is 1.80. The molecule has 8 nitrogen and oxygen atoms in total. The van der Waals surface area contributed by atoms with Gasteiger partial charge in [0.05, 0.1) is 39.3 Å². The Labute approximate surface area is 192 Å². The Bertz CT molecular complexity index is 1100. The molecular weight excluding hydrogens is 424 g/mol. The monoisotopic (exact) mass is 450 g/mol. The number of hydrogen-bond acceptors (Lipinski definition) is 7. The largest absolute Gasteiger partial charge is 0.497 e. The topological polar surface area (TPSA) is 88.9 Å². The van der Waals surface area contributed by atoms with Crippen molar-refractivity contribution in [3.05, 3.63) is 83.2 Å². The van der Waals surface area contributed by atoms with Crippen molar-refractivity contribution in [3.8, 4) is 11.5 Å². The number of carbonyl (C=O) groups is 2. The predicted molar refractivity (Wildman–Crippen MR) is 122 cm³/mol. The van der Waals surface area contributed by atoms with Crippen LogP contribution in [0.3, 0.4) is 0 Å². The maximum atomic E-state index is 12.8. The van der Waals surface area contributed by atoms with E-state index in [2.05, 4.69) is 5.10 Å². The van der Waals surface area contributed by atoms with Crippen molar-refractivity contribution < 1.29 is 28.5 Å². The standard InChI is InChI=1S/C25H26N2O6/c1-4-32-24(28)14-13-23-22(25(29)33-17-19-7-11-21(31-3)12-8-19)15-26-27(23)16-18-5-9-20(30-2)10-6-18/h5-15H,4,16-17H2,1-3H3. The van der Waals surface area contributed by atoms with Gasteiger partial charge in [-0.3, -0.25) is 4.68 Å². The molecule has 0 N–H and O–H groups in total. The van der Waals surface area contributed by atoms with E-state index in [0.29, 0.717) is 12.2 Å². The van der Waals surface area contributed by atoms with E-state index in [4.69, 9.17) is 18.9 Å². The lowest BCUT2D eigenvalue weighted by Crippen LogP contribution is -2.09. The smallest absolute Gasteiger partial charge is 0.342 e. The number of esters is 2. The Morgan fingerprint density at radius 1 is 0.909 bits per heavy atom. The second-order valence-electron chi connectivity index (χ2n) is 6.96. The van der Waals surface area contributed by atoms with Crippen molar-refractivity contribution in [2.24, 2.45) is 0 Å². The molecule has 0 aliphatic rings. The van der Waals surface area contributed by atoms with E-state index in [9.17, 15) is 9.59 Å². The summed E-state index contributed by atoms with van der Waals surface area (Å²) in [6.45, 7) is 2.46. The molecule has 172 valence electrons. The zero-order chi connectivity index (χ0) is 23.6. The summed E-state index contributed by atoms with van der Waals surface area (Å²) in [6, 6.07) is 14.7. The molecule has 3 rings (SSSR count). The number of ether oxygens (including phenoxy) is 4. The fourth-order valence-corrected chi connectivity index (χ4v) is 3.04. The molecule has 1 heterocycles. The van der Waals surface area contributed by atoms with E-state index in [-0.39, 0.29) is 18.8 Å². The predicted octanol–water partition coefficient (Wildman–Crippen LogP) is 3.88. The summed E-state index contributed by atoms with van der Waals surface area (Å²) >= 11 is 0. The molecular formula is C25H26N2O6. The van der Waals surface area contributed by atoms with Gasteiger partial charge >= 0.3 is 11.9 Å². The molecule has 3 aromatic rings. The van der Waals surface area contributed by atoms with Crippen molar-refractivity contribution in [1.29, 1.82) is 0 Å². The van der Waals surface area contributed by atoms with Crippen molar-refractivity contribution in [2.75, 3.05) is 20.8 Å². The number of nitrogens with zero attached hydrogens (tertiary/aromatic N) is 2. The molecule has 2 aromatic carbocycles. The molecule has 8 heteroatoms. The Hall–Kier alpha value is -4.07. The van der Waals surface area contributed by atoms with Gasteiger partial charge in [0.2, 0.25) is 0 Å². The number of benzene rings is 2. The summed E-state index contributed by atoms with van der Waals surface area (Å²) in [5.74, 6) is 0.406. The normalized spacial score (nSPS) is 10.8. The van der Waals surface area contributed by atoms with E-state index in [1.165, 1.54) is 18.3 Å². The molecule has 0 aliphatic heterocycles. The first-order chi connectivity index (χ1) is 16.0. The van der Waals surface area contributed by atoms with Crippen LogP contribution in [0.4, 0.5) is 0 Å². The minimum Gasteiger partial charge on any atom is -0.497 e. The summed E-state index contributed by atoms with van der Waals surface area (Å²) in [5.41, 5.74) is 2.46. The van der Waals surface area contributed by atoms with Gasteiger partial charge in [0, 0.05) is 6.08 Å². The fourth-order valence-electron chi connectivity index (χ4n) is 3.04. The number of hydrogen-bond donors (Lipinski definition) is 0. The van der Waals surface area contributed by atoms with Gasteiger partial charge in [0.15, 0.2) is 0 Å². The molecule has 0 radical (unpaired) electrons. The van der Waals surface area contributed by atoms with E-state index >= 15 is 0 Å². The van der Waals surface area contributed by atoms with Crippen LogP contribution in [-0.2, 0) is 27.4 Å². The third-order valence-electron chi connectivity index (χ3n) is 4.78. The van der Waals surface area contributed by atoms with Gasteiger partial charge in [-0.2, -0.15) is 5.10 Å². The molecule has 0 saturated heterocycles. The van der Waals surface area contributed by atoms with Crippen LogP contribution in [0.5, 0.6) is 11.5 Å². The molecule has 0 fully saturated rings. The second-order valence-corrected chi connectivity index (χ2v) is 6.96. The van der Waals surface area contributed by atoms with E-state index in [1.807, 2.05) is 36.4 Å². The fraction of sp³-hybridized carbons (Fsp3) is 0.240. The van der Waals surface area contributed by atoms with Crippen molar-refractivity contribution in [2.45, 2.75) is 20.1 Å². The SMILES string of the molecule is CCOC(=O)C=Cc1c(C(=O)OCc2ccc(OC)cc2)cnn1Cc1ccc(OC)cc1. The van der Waals surface area contributed by atoms with Crippen LogP contribution in [0.25, 0.3) is 6.08 Å². The highest BCUT2D eigenvalue weighted by molar-refractivity contribution is 5.95. The summed E-state index contributed by atoms with van der Waals surface area (Å²) < 4.78 is 22.4. The molecule has 1 aromatic heterocycles. The quantitative estimate of drug-likeness (QED) is 0.342. The average molecular weight is 450 g/mol. The molecule has 0 aliphatic carbocycles. The van der Waals surface area contributed by atoms with Crippen LogP contribution >= 0.6 is 0 Å². The maximum absolute atomic E-state index is 12.8. The van der Waals surface area contributed by atoms with Gasteiger partial charge in [0.1, 0.15) is 23.7 Å². The first-order valence-electron chi connectivity index (χ1n) is 10.4. The molecule has 0 saturated carbocycles. The van der Waals surface area contributed by atoms with Crippen LogP contribution < -0.4 is 9.47 Å². The second kappa shape index (κ2) is 11.5. The van der Waals surface area contributed by atoms with Gasteiger partial charge in [0.25, 0.3) is 0 Å². The molecule has 0 unspecified atom stereocenters. The minimum absolute atomic E-state index is 0.0908. The maximum Gasteiger partial charge on any atom is 0.342 e. The van der Waals surface area contributed by atoms with Crippen molar-refractivity contribution in [1.82, 2.24) is 9.78 Å². The highest BCUT2D eigenvalue weighted by Crippen LogP contribution is 2.18. The molecule has 0 amide bonds.